The van der Waals surface area contributed by atoms with Crippen molar-refractivity contribution in [1.29, 1.82) is 0 Å². The Morgan fingerprint density at radius 2 is 1.50 bits per heavy atom. The van der Waals surface area contributed by atoms with E-state index in [9.17, 15) is 19.2 Å². The Hall–Kier alpha value is -3.36. The first kappa shape index (κ1) is 17.5. The number of nitrogens with one attached hydrogen (secondary N) is 4. The zero-order valence-electron chi connectivity index (χ0n) is 14.5. The smallest absolute Gasteiger partial charge is 0.328 e. The van der Waals surface area contributed by atoms with Gasteiger partial charge in [0.25, 0.3) is 5.56 Å². The van der Waals surface area contributed by atoms with Crippen LogP contribution in [0.5, 0.6) is 0 Å². The molecule has 1 atom stereocenters. The van der Waals surface area contributed by atoms with E-state index in [2.05, 4.69) is 20.8 Å². The predicted molar refractivity (Wildman–Crippen MR) is 93.9 cm³/mol. The van der Waals surface area contributed by atoms with E-state index in [4.69, 9.17) is 0 Å². The highest BCUT2D eigenvalue weighted by Gasteiger charge is 2.43. The number of hydrogen-bond acceptors (Lipinski definition) is 5. The number of anilines is 1. The minimum Gasteiger partial charge on any atom is -0.378 e. The van der Waals surface area contributed by atoms with E-state index in [1.807, 2.05) is 31.1 Å². The maximum Gasteiger partial charge on any atom is 0.328 e. The predicted octanol–water partition coefficient (Wildman–Crippen LogP) is 0.192. The van der Waals surface area contributed by atoms with Gasteiger partial charge in [0, 0.05) is 37.0 Å². The summed E-state index contributed by atoms with van der Waals surface area (Å²) in [7, 11) is 3.78. The van der Waals surface area contributed by atoms with Gasteiger partial charge in [-0.05, 0) is 24.6 Å². The number of benzene rings is 1. The summed E-state index contributed by atoms with van der Waals surface area (Å²) in [6, 6.07) is 6.34. The molecule has 1 aliphatic rings. The molecule has 136 valence electrons. The second-order valence-electron chi connectivity index (χ2n) is 6.37. The first-order valence-electron chi connectivity index (χ1n) is 7.99. The number of aromatic amines is 2. The molecule has 1 aromatic carbocycles. The van der Waals surface area contributed by atoms with Crippen LogP contribution < -0.4 is 21.1 Å². The summed E-state index contributed by atoms with van der Waals surface area (Å²) < 4.78 is 0. The van der Waals surface area contributed by atoms with Crippen molar-refractivity contribution in [2.45, 2.75) is 12.8 Å². The highest BCUT2D eigenvalue weighted by atomic mass is 16.2. The van der Waals surface area contributed by atoms with Crippen LogP contribution in [0.1, 0.15) is 22.7 Å². The van der Waals surface area contributed by atoms with Gasteiger partial charge in [-0.3, -0.25) is 30.1 Å². The fraction of sp³-hybridized carbons (Fsp3) is 0.294. The van der Waals surface area contributed by atoms with Gasteiger partial charge in [0.2, 0.25) is 11.8 Å². The number of rotatable bonds is 4. The van der Waals surface area contributed by atoms with E-state index in [0.29, 0.717) is 11.3 Å². The van der Waals surface area contributed by atoms with Crippen LogP contribution in [0.25, 0.3) is 0 Å². The highest BCUT2D eigenvalue weighted by Crippen LogP contribution is 2.34. The van der Waals surface area contributed by atoms with Crippen molar-refractivity contribution in [3.63, 3.8) is 0 Å². The van der Waals surface area contributed by atoms with Crippen LogP contribution in [0.15, 0.2) is 29.1 Å². The molecule has 1 aliphatic heterocycles. The number of carbonyl (C=O) groups excluding carboxylic acids is 3. The lowest BCUT2D eigenvalue weighted by molar-refractivity contribution is -0.136. The lowest BCUT2D eigenvalue weighted by atomic mass is 9.79. The van der Waals surface area contributed by atoms with Gasteiger partial charge in [-0.1, -0.05) is 12.1 Å². The molecule has 1 saturated heterocycles. The maximum absolute atomic E-state index is 12.4. The van der Waals surface area contributed by atoms with Crippen molar-refractivity contribution in [2.75, 3.05) is 19.0 Å². The van der Waals surface area contributed by atoms with E-state index in [0.717, 1.165) is 5.69 Å². The third kappa shape index (κ3) is 2.99. The molecule has 1 fully saturated rings. The lowest BCUT2D eigenvalue weighted by Gasteiger charge is -2.28. The topological polar surface area (TPSA) is 127 Å². The summed E-state index contributed by atoms with van der Waals surface area (Å²) >= 11 is 0. The van der Waals surface area contributed by atoms with Crippen molar-refractivity contribution in [3.05, 3.63) is 51.4 Å². The molecule has 9 heteroatoms. The maximum atomic E-state index is 12.4. The van der Waals surface area contributed by atoms with Crippen LogP contribution in [0.4, 0.5) is 10.5 Å². The first-order chi connectivity index (χ1) is 12.3. The summed E-state index contributed by atoms with van der Waals surface area (Å²) in [6.07, 6.45) is 0. The highest BCUT2D eigenvalue weighted by molar-refractivity contribution is 6.16. The van der Waals surface area contributed by atoms with Gasteiger partial charge < -0.3 is 10.00 Å². The standard InChI is InChI=1S/C17H19N5O4/c1-8-11(16(25)21-20-8)12(9-4-6-10(7-5-9)22(2)3)13-14(23)18-17(26)19-15(13)24/h4-7,12-13H,1-3H3,(H2,20,21,25)(H2,18,19,23,24,26). The number of amides is 4. The molecule has 0 radical (unpaired) electrons. The average molecular weight is 357 g/mol. The Morgan fingerprint density at radius 3 is 1.96 bits per heavy atom. The van der Waals surface area contributed by atoms with Gasteiger partial charge in [0.15, 0.2) is 0 Å². The minimum absolute atomic E-state index is 0.284. The van der Waals surface area contributed by atoms with Gasteiger partial charge in [0.1, 0.15) is 5.92 Å². The average Bonchev–Trinajstić information content (AvgIpc) is 2.90. The minimum atomic E-state index is -1.24. The number of hydrogen-bond donors (Lipinski definition) is 4. The lowest BCUT2D eigenvalue weighted by Crippen LogP contribution is -2.57. The molecule has 4 amide bonds. The van der Waals surface area contributed by atoms with Gasteiger partial charge in [-0.15, -0.1) is 0 Å². The van der Waals surface area contributed by atoms with E-state index in [1.165, 1.54) is 0 Å². The van der Waals surface area contributed by atoms with Gasteiger partial charge in [-0.2, -0.15) is 0 Å². The first-order valence-corrected chi connectivity index (χ1v) is 7.99. The molecule has 0 spiro atoms. The summed E-state index contributed by atoms with van der Waals surface area (Å²) in [4.78, 5) is 50.4. The van der Waals surface area contributed by atoms with Crippen LogP contribution in [0, 0.1) is 12.8 Å². The Morgan fingerprint density at radius 1 is 0.923 bits per heavy atom. The number of aromatic nitrogens is 2. The molecule has 2 aromatic rings. The molecule has 9 nitrogen and oxygen atoms in total. The normalized spacial score (nSPS) is 16.2. The summed E-state index contributed by atoms with van der Waals surface area (Å²) in [6.45, 7) is 1.68. The number of barbiturate groups is 1. The number of aryl methyl sites for hydroxylation is 1. The van der Waals surface area contributed by atoms with Gasteiger partial charge >= 0.3 is 6.03 Å². The summed E-state index contributed by atoms with van der Waals surface area (Å²) in [5.41, 5.74) is 1.94. The Labute approximate surface area is 148 Å². The fourth-order valence-corrected chi connectivity index (χ4v) is 3.17. The van der Waals surface area contributed by atoms with Crippen molar-refractivity contribution in [1.82, 2.24) is 20.8 Å². The molecular weight excluding hydrogens is 338 g/mol. The molecule has 3 rings (SSSR count). The Balaban J connectivity index is 2.14. The molecule has 0 bridgehead atoms. The van der Waals surface area contributed by atoms with Crippen LogP contribution >= 0.6 is 0 Å². The van der Waals surface area contributed by atoms with Crippen LogP contribution in [0.3, 0.4) is 0 Å². The van der Waals surface area contributed by atoms with Crippen molar-refractivity contribution >= 4 is 23.5 Å². The zero-order valence-corrected chi connectivity index (χ0v) is 14.5. The summed E-state index contributed by atoms with van der Waals surface area (Å²) in [5, 5.41) is 9.39. The van der Waals surface area contributed by atoms with E-state index >= 15 is 0 Å². The molecule has 0 saturated carbocycles. The molecule has 4 N–H and O–H groups in total. The fourth-order valence-electron chi connectivity index (χ4n) is 3.17. The van der Waals surface area contributed by atoms with Crippen LogP contribution in [0.2, 0.25) is 0 Å². The Kier molecular flexibility index (Phi) is 4.37. The monoisotopic (exact) mass is 357 g/mol. The van der Waals surface area contributed by atoms with Crippen LogP contribution in [-0.2, 0) is 9.59 Å². The third-order valence-electron chi connectivity index (χ3n) is 4.46. The molecule has 1 aromatic heterocycles. The zero-order chi connectivity index (χ0) is 19.0. The number of H-pyrrole nitrogens is 2. The molecule has 2 heterocycles. The molecule has 26 heavy (non-hydrogen) atoms. The van der Waals surface area contributed by atoms with E-state index in [-0.39, 0.29) is 5.56 Å². The second-order valence-corrected chi connectivity index (χ2v) is 6.37. The third-order valence-corrected chi connectivity index (χ3v) is 4.46. The number of urea groups is 1. The Bertz CT molecular complexity index is 905. The van der Waals surface area contributed by atoms with Crippen LogP contribution in [-0.4, -0.2) is 42.1 Å². The number of carbonyl (C=O) groups is 3. The second kappa shape index (κ2) is 6.51. The van der Waals surface area contributed by atoms with Gasteiger partial charge in [-0.25, -0.2) is 4.79 Å². The van der Waals surface area contributed by atoms with E-state index in [1.54, 1.807) is 19.1 Å². The molecule has 0 aliphatic carbocycles. The summed E-state index contributed by atoms with van der Waals surface area (Å²) in [5.74, 6) is -3.55. The van der Waals surface area contributed by atoms with E-state index < -0.39 is 35.2 Å². The SMILES string of the molecule is Cc1[nH][nH]c(=O)c1C(c1ccc(N(C)C)cc1)C1C(=O)NC(=O)NC1=O. The number of nitrogens with zero attached hydrogens (tertiary/aromatic N) is 1. The quantitative estimate of drug-likeness (QED) is 0.581. The van der Waals surface area contributed by atoms with Crippen molar-refractivity contribution in [3.8, 4) is 0 Å². The number of imide groups is 2. The van der Waals surface area contributed by atoms with Crippen molar-refractivity contribution in [2.24, 2.45) is 5.92 Å². The van der Waals surface area contributed by atoms with Crippen molar-refractivity contribution < 1.29 is 14.4 Å². The molecule has 1 unspecified atom stereocenters. The molecular formula is C17H19N5O4. The van der Waals surface area contributed by atoms with Gasteiger partial charge in [0.05, 0.1) is 0 Å². The largest absolute Gasteiger partial charge is 0.378 e.